The molecule has 0 aliphatic carbocycles. The van der Waals surface area contributed by atoms with Gasteiger partial charge in [-0.05, 0) is 51.3 Å². The molecule has 0 bridgehead atoms. The molecule has 0 saturated carbocycles. The first-order chi connectivity index (χ1) is 16.7. The van der Waals surface area contributed by atoms with Crippen LogP contribution in [0.1, 0.15) is 37.8 Å². The fourth-order valence-electron chi connectivity index (χ4n) is 4.01. The van der Waals surface area contributed by atoms with Crippen molar-refractivity contribution in [1.82, 2.24) is 9.62 Å². The summed E-state index contributed by atoms with van der Waals surface area (Å²) in [6, 6.07) is 14.8. The standard InChI is InChI=1S/C24H33N2O7PS/c1-4-32-34(28,33-5-2)23(25-35(29,30)21-15-13-19(3)14-16-21)22-12-9-17-26(22)24(27)31-18-20-10-7-6-8-11-20/h6-8,10-11,13-16,22-23,25H,4-5,9,12,17-18H2,1-3H3/t22-,23+/m1/s1. The van der Waals surface area contributed by atoms with Crippen molar-refractivity contribution in [2.75, 3.05) is 19.8 Å². The van der Waals surface area contributed by atoms with E-state index >= 15 is 0 Å². The van der Waals surface area contributed by atoms with Gasteiger partial charge >= 0.3 is 13.7 Å². The molecule has 11 heteroatoms. The molecule has 35 heavy (non-hydrogen) atoms. The van der Waals surface area contributed by atoms with E-state index in [9.17, 15) is 17.8 Å². The Morgan fingerprint density at radius 2 is 1.71 bits per heavy atom. The Bertz CT molecular complexity index is 1120. The molecule has 2 atom stereocenters. The van der Waals surface area contributed by atoms with Gasteiger partial charge in [0.1, 0.15) is 12.4 Å². The Hall–Kier alpha value is -2.23. The number of likely N-dealkylation sites (tertiary alicyclic amines) is 1. The van der Waals surface area contributed by atoms with E-state index < -0.39 is 35.5 Å². The Morgan fingerprint density at radius 3 is 2.31 bits per heavy atom. The van der Waals surface area contributed by atoms with Crippen molar-refractivity contribution in [3.8, 4) is 0 Å². The molecule has 1 saturated heterocycles. The Balaban J connectivity index is 1.90. The minimum absolute atomic E-state index is 0.0175. The van der Waals surface area contributed by atoms with E-state index in [0.717, 1.165) is 11.1 Å². The summed E-state index contributed by atoms with van der Waals surface area (Å²) in [7, 11) is -8.10. The first-order valence-electron chi connectivity index (χ1n) is 11.6. The van der Waals surface area contributed by atoms with Crippen molar-refractivity contribution >= 4 is 23.7 Å². The first kappa shape index (κ1) is 27.4. The highest BCUT2D eigenvalue weighted by Gasteiger charge is 2.49. The lowest BCUT2D eigenvalue weighted by atomic mass is 10.2. The van der Waals surface area contributed by atoms with Gasteiger partial charge in [-0.15, -0.1) is 0 Å². The molecule has 2 aromatic rings. The fourth-order valence-corrected chi connectivity index (χ4v) is 7.89. The molecule has 1 N–H and O–H groups in total. The van der Waals surface area contributed by atoms with Crippen molar-refractivity contribution in [3.63, 3.8) is 0 Å². The van der Waals surface area contributed by atoms with E-state index in [-0.39, 0.29) is 24.7 Å². The lowest BCUT2D eigenvalue weighted by Gasteiger charge is -2.35. The monoisotopic (exact) mass is 524 g/mol. The quantitative estimate of drug-likeness (QED) is 0.425. The molecular formula is C24H33N2O7PS. The minimum Gasteiger partial charge on any atom is -0.445 e. The number of sulfonamides is 1. The number of aryl methyl sites for hydroxylation is 1. The maximum Gasteiger partial charge on any atom is 0.410 e. The Labute approximate surface area is 207 Å². The predicted octanol–water partition coefficient (Wildman–Crippen LogP) is 4.67. The molecule has 0 radical (unpaired) electrons. The molecule has 1 aliphatic rings. The summed E-state index contributed by atoms with van der Waals surface area (Å²) in [4.78, 5) is 14.4. The minimum atomic E-state index is -4.10. The van der Waals surface area contributed by atoms with Crippen LogP contribution in [0.3, 0.4) is 0 Å². The molecule has 2 aromatic carbocycles. The summed E-state index contributed by atoms with van der Waals surface area (Å²) in [5, 5.41) is 0. The van der Waals surface area contributed by atoms with Gasteiger partial charge in [-0.3, -0.25) is 4.57 Å². The fraction of sp³-hybridized carbons (Fsp3) is 0.458. The second-order valence-electron chi connectivity index (χ2n) is 8.20. The summed E-state index contributed by atoms with van der Waals surface area (Å²) in [5.41, 5.74) is 1.72. The molecule has 9 nitrogen and oxygen atoms in total. The third-order valence-corrected chi connectivity index (χ3v) is 9.69. The van der Waals surface area contributed by atoms with Crippen LogP contribution in [0.5, 0.6) is 0 Å². The van der Waals surface area contributed by atoms with Crippen LogP contribution >= 0.6 is 7.60 Å². The molecule has 1 amide bonds. The Kier molecular flexibility index (Phi) is 9.49. The second-order valence-corrected chi connectivity index (χ2v) is 12.1. The largest absolute Gasteiger partial charge is 0.445 e. The van der Waals surface area contributed by atoms with Gasteiger partial charge in [0.25, 0.3) is 0 Å². The number of rotatable bonds is 11. The number of hydrogen-bond donors (Lipinski definition) is 1. The van der Waals surface area contributed by atoms with Gasteiger partial charge in [-0.1, -0.05) is 48.0 Å². The molecule has 0 unspecified atom stereocenters. The summed E-state index contributed by atoms with van der Waals surface area (Å²) >= 11 is 0. The van der Waals surface area contributed by atoms with Crippen molar-refractivity contribution in [2.24, 2.45) is 0 Å². The molecular weight excluding hydrogens is 491 g/mol. The molecule has 0 spiro atoms. The van der Waals surface area contributed by atoms with E-state index in [1.165, 1.54) is 17.0 Å². The second kappa shape index (κ2) is 12.1. The lowest BCUT2D eigenvalue weighted by Crippen LogP contribution is -2.51. The van der Waals surface area contributed by atoms with Crippen LogP contribution in [0, 0.1) is 6.92 Å². The average Bonchev–Trinajstić information content (AvgIpc) is 3.32. The highest BCUT2D eigenvalue weighted by Crippen LogP contribution is 2.55. The number of carbonyl (C=O) groups excluding carboxylic acids is 1. The van der Waals surface area contributed by atoms with E-state index in [4.69, 9.17) is 13.8 Å². The van der Waals surface area contributed by atoms with Crippen molar-refractivity contribution in [2.45, 2.75) is 56.9 Å². The van der Waals surface area contributed by atoms with Gasteiger partial charge < -0.3 is 18.7 Å². The Morgan fingerprint density at radius 1 is 1.09 bits per heavy atom. The number of carbonyl (C=O) groups is 1. The molecule has 3 rings (SSSR count). The highest BCUT2D eigenvalue weighted by molar-refractivity contribution is 7.89. The lowest BCUT2D eigenvalue weighted by molar-refractivity contribution is 0.0882. The van der Waals surface area contributed by atoms with Crippen LogP contribution in [-0.2, 0) is 35.0 Å². The van der Waals surface area contributed by atoms with Gasteiger partial charge in [0.15, 0.2) is 0 Å². The van der Waals surface area contributed by atoms with Gasteiger partial charge in [0.2, 0.25) is 10.0 Å². The summed E-state index contributed by atoms with van der Waals surface area (Å²) < 4.78 is 59.5. The number of amides is 1. The van der Waals surface area contributed by atoms with Gasteiger partial charge in [0.05, 0.1) is 24.2 Å². The summed E-state index contributed by atoms with van der Waals surface area (Å²) in [5.74, 6) is -1.31. The molecule has 1 fully saturated rings. The number of ether oxygens (including phenoxy) is 1. The van der Waals surface area contributed by atoms with Gasteiger partial charge in [-0.25, -0.2) is 13.2 Å². The van der Waals surface area contributed by atoms with Crippen LogP contribution < -0.4 is 4.72 Å². The zero-order chi connectivity index (χ0) is 25.5. The van der Waals surface area contributed by atoms with Gasteiger partial charge in [-0.2, -0.15) is 4.72 Å². The van der Waals surface area contributed by atoms with E-state index in [1.807, 2.05) is 37.3 Å². The van der Waals surface area contributed by atoms with E-state index in [2.05, 4.69) is 4.72 Å². The topological polar surface area (TPSA) is 111 Å². The SMILES string of the molecule is CCOP(=O)(OCC)[C@H](NS(=O)(=O)c1ccc(C)cc1)[C@H]1CCCN1C(=O)OCc1ccccc1. The smallest absolute Gasteiger partial charge is 0.410 e. The van der Waals surface area contributed by atoms with Crippen LogP contribution in [0.25, 0.3) is 0 Å². The van der Waals surface area contributed by atoms with Crippen molar-refractivity contribution in [1.29, 1.82) is 0 Å². The van der Waals surface area contributed by atoms with Crippen LogP contribution in [0.15, 0.2) is 59.5 Å². The maximum absolute atomic E-state index is 13.9. The van der Waals surface area contributed by atoms with Crippen LogP contribution in [-0.4, -0.2) is 51.0 Å². The van der Waals surface area contributed by atoms with Crippen LogP contribution in [0.4, 0.5) is 4.79 Å². The third-order valence-electron chi connectivity index (χ3n) is 5.67. The number of hydrogen-bond acceptors (Lipinski definition) is 7. The van der Waals surface area contributed by atoms with Crippen LogP contribution in [0.2, 0.25) is 0 Å². The van der Waals surface area contributed by atoms with E-state index in [0.29, 0.717) is 19.4 Å². The maximum atomic E-state index is 13.9. The first-order valence-corrected chi connectivity index (χ1v) is 14.7. The zero-order valence-electron chi connectivity index (χ0n) is 20.3. The normalized spacial score (nSPS) is 17.3. The van der Waals surface area contributed by atoms with Crippen molar-refractivity contribution < 1.29 is 31.6 Å². The number of nitrogens with zero attached hydrogens (tertiary/aromatic N) is 1. The van der Waals surface area contributed by atoms with E-state index in [1.54, 1.807) is 26.0 Å². The highest BCUT2D eigenvalue weighted by atomic mass is 32.2. The predicted molar refractivity (Wildman–Crippen MR) is 133 cm³/mol. The molecule has 192 valence electrons. The van der Waals surface area contributed by atoms with Crippen molar-refractivity contribution in [3.05, 3.63) is 65.7 Å². The summed E-state index contributed by atoms with van der Waals surface area (Å²) in [6.45, 7) is 5.64. The summed E-state index contributed by atoms with van der Waals surface area (Å²) in [6.07, 6.45) is 0.382. The zero-order valence-corrected chi connectivity index (χ0v) is 22.0. The van der Waals surface area contributed by atoms with Gasteiger partial charge in [0, 0.05) is 6.54 Å². The number of nitrogens with one attached hydrogen (secondary N) is 1. The average molecular weight is 525 g/mol. The third kappa shape index (κ3) is 6.92. The molecule has 1 aliphatic heterocycles. The molecule has 1 heterocycles. The molecule has 0 aromatic heterocycles. The number of benzene rings is 2.